The van der Waals surface area contributed by atoms with Crippen LogP contribution in [-0.4, -0.2) is 0 Å². The Morgan fingerprint density at radius 3 is 3.08 bits per heavy atom. The van der Waals surface area contributed by atoms with Crippen molar-refractivity contribution in [3.05, 3.63) is 16.0 Å². The second-order valence-corrected chi connectivity index (χ2v) is 4.84. The lowest BCUT2D eigenvalue weighted by molar-refractivity contribution is 0.507. The Bertz CT molecular complexity index is 373. The topological polar surface area (TPSA) is 49.8 Å². The van der Waals surface area contributed by atoms with Crippen molar-refractivity contribution in [2.75, 3.05) is 5.73 Å². The van der Waals surface area contributed by atoms with Gasteiger partial charge >= 0.3 is 0 Å². The maximum absolute atomic E-state index is 8.91. The summed E-state index contributed by atoms with van der Waals surface area (Å²) in [5.41, 5.74) is 7.74. The summed E-state index contributed by atoms with van der Waals surface area (Å²) in [4.78, 5) is 1.34. The molecule has 1 heterocycles. The molecule has 0 unspecified atom stereocenters. The van der Waals surface area contributed by atoms with Crippen molar-refractivity contribution in [2.45, 2.75) is 26.2 Å². The molecule has 1 aromatic rings. The molecule has 1 aliphatic rings. The summed E-state index contributed by atoms with van der Waals surface area (Å²) in [6.07, 6.45) is 3.33. The van der Waals surface area contributed by atoms with Gasteiger partial charge in [0, 0.05) is 4.88 Å². The monoisotopic (exact) mass is 192 g/mol. The lowest BCUT2D eigenvalue weighted by Gasteiger charge is -2.17. The van der Waals surface area contributed by atoms with Crippen molar-refractivity contribution in [3.63, 3.8) is 0 Å². The Labute approximate surface area is 82.0 Å². The van der Waals surface area contributed by atoms with Gasteiger partial charge < -0.3 is 5.73 Å². The maximum atomic E-state index is 8.91. The van der Waals surface area contributed by atoms with E-state index in [4.69, 9.17) is 11.0 Å². The predicted molar refractivity (Wildman–Crippen MR) is 54.6 cm³/mol. The van der Waals surface area contributed by atoms with Crippen LogP contribution in [0.4, 0.5) is 5.00 Å². The van der Waals surface area contributed by atoms with E-state index in [1.54, 1.807) is 11.3 Å². The van der Waals surface area contributed by atoms with E-state index < -0.39 is 0 Å². The molecule has 2 rings (SSSR count). The highest BCUT2D eigenvalue weighted by atomic mass is 32.1. The summed E-state index contributed by atoms with van der Waals surface area (Å²) in [5.74, 6) is 0.747. The molecule has 68 valence electrons. The minimum absolute atomic E-state index is 0.710. The van der Waals surface area contributed by atoms with Crippen LogP contribution in [0, 0.1) is 17.2 Å². The Hall–Kier alpha value is -1.01. The largest absolute Gasteiger partial charge is 0.389 e. The molecule has 1 aromatic heterocycles. The van der Waals surface area contributed by atoms with E-state index in [1.165, 1.54) is 16.9 Å². The Morgan fingerprint density at radius 1 is 1.62 bits per heavy atom. The third-order valence-electron chi connectivity index (χ3n) is 2.65. The van der Waals surface area contributed by atoms with E-state index in [-0.39, 0.29) is 0 Å². The van der Waals surface area contributed by atoms with Crippen molar-refractivity contribution in [3.8, 4) is 6.07 Å². The predicted octanol–water partition coefficient (Wildman–Crippen LogP) is 2.33. The highest BCUT2D eigenvalue weighted by molar-refractivity contribution is 7.16. The Kier molecular flexibility index (Phi) is 2.01. The number of nitrogens with zero attached hydrogens (tertiary/aromatic N) is 1. The summed E-state index contributed by atoms with van der Waals surface area (Å²) in [5, 5.41) is 9.62. The standard InChI is InChI=1S/C10H12N2S/c1-6-2-3-7-8(5-11)10(12)13-9(7)4-6/h6H,2-4,12H2,1H3/t6-/m1/s1. The van der Waals surface area contributed by atoms with Crippen molar-refractivity contribution < 1.29 is 0 Å². The molecule has 1 atom stereocenters. The number of hydrogen-bond donors (Lipinski definition) is 1. The molecule has 0 fully saturated rings. The van der Waals surface area contributed by atoms with Crippen LogP contribution in [0.15, 0.2) is 0 Å². The number of fused-ring (bicyclic) bond motifs is 1. The van der Waals surface area contributed by atoms with Crippen LogP contribution in [0.3, 0.4) is 0 Å². The summed E-state index contributed by atoms with van der Waals surface area (Å²) in [6, 6.07) is 2.20. The molecular weight excluding hydrogens is 180 g/mol. The fourth-order valence-electron chi connectivity index (χ4n) is 1.89. The first kappa shape index (κ1) is 8.58. The molecule has 2 N–H and O–H groups in total. The van der Waals surface area contributed by atoms with Gasteiger partial charge in [-0.05, 0) is 30.7 Å². The number of rotatable bonds is 0. The number of nitrogens with two attached hydrogens (primary N) is 1. The van der Waals surface area contributed by atoms with Gasteiger partial charge in [-0.15, -0.1) is 11.3 Å². The van der Waals surface area contributed by atoms with Crippen molar-refractivity contribution in [1.82, 2.24) is 0 Å². The number of anilines is 1. The van der Waals surface area contributed by atoms with Gasteiger partial charge in [-0.3, -0.25) is 0 Å². The molecule has 0 bridgehead atoms. The minimum Gasteiger partial charge on any atom is -0.389 e. The number of nitriles is 1. The van der Waals surface area contributed by atoms with E-state index in [0.29, 0.717) is 5.00 Å². The van der Waals surface area contributed by atoms with Gasteiger partial charge in [0.1, 0.15) is 11.1 Å². The van der Waals surface area contributed by atoms with Gasteiger partial charge in [0.25, 0.3) is 0 Å². The van der Waals surface area contributed by atoms with E-state index in [0.717, 1.165) is 24.3 Å². The van der Waals surface area contributed by atoms with Gasteiger partial charge in [0.15, 0.2) is 0 Å². The fourth-order valence-corrected chi connectivity index (χ4v) is 3.13. The van der Waals surface area contributed by atoms with Crippen LogP contribution in [0.25, 0.3) is 0 Å². The van der Waals surface area contributed by atoms with Crippen LogP contribution in [0.5, 0.6) is 0 Å². The second kappa shape index (κ2) is 3.04. The zero-order valence-electron chi connectivity index (χ0n) is 7.63. The number of hydrogen-bond acceptors (Lipinski definition) is 3. The average Bonchev–Trinajstić information content (AvgIpc) is 2.39. The molecule has 0 spiro atoms. The van der Waals surface area contributed by atoms with Crippen molar-refractivity contribution in [1.29, 1.82) is 5.26 Å². The Balaban J connectivity index is 2.48. The second-order valence-electron chi connectivity index (χ2n) is 3.70. The molecule has 0 aliphatic heterocycles. The van der Waals surface area contributed by atoms with Gasteiger partial charge in [-0.2, -0.15) is 5.26 Å². The molecule has 2 nitrogen and oxygen atoms in total. The molecule has 0 radical (unpaired) electrons. The molecule has 0 amide bonds. The van der Waals surface area contributed by atoms with E-state index >= 15 is 0 Å². The zero-order chi connectivity index (χ0) is 9.42. The fraction of sp³-hybridized carbons (Fsp3) is 0.500. The smallest absolute Gasteiger partial charge is 0.104 e. The van der Waals surface area contributed by atoms with Crippen LogP contribution < -0.4 is 5.73 Å². The lowest BCUT2D eigenvalue weighted by Crippen LogP contribution is -2.09. The van der Waals surface area contributed by atoms with Gasteiger partial charge in [-0.1, -0.05) is 6.92 Å². The lowest BCUT2D eigenvalue weighted by atomic mass is 9.89. The first-order valence-electron chi connectivity index (χ1n) is 4.52. The van der Waals surface area contributed by atoms with Gasteiger partial charge in [0.05, 0.1) is 5.56 Å². The van der Waals surface area contributed by atoms with E-state index in [9.17, 15) is 0 Å². The number of nitrogen functional groups attached to an aromatic ring is 1. The number of thiophene rings is 1. The molecular formula is C10H12N2S. The van der Waals surface area contributed by atoms with Crippen LogP contribution in [-0.2, 0) is 12.8 Å². The minimum atomic E-state index is 0.710. The summed E-state index contributed by atoms with van der Waals surface area (Å²) >= 11 is 1.60. The first-order valence-corrected chi connectivity index (χ1v) is 5.34. The van der Waals surface area contributed by atoms with Crippen LogP contribution >= 0.6 is 11.3 Å². The summed E-state index contributed by atoms with van der Waals surface area (Å²) in [7, 11) is 0. The van der Waals surface area contributed by atoms with E-state index in [1.807, 2.05) is 0 Å². The van der Waals surface area contributed by atoms with Gasteiger partial charge in [-0.25, -0.2) is 0 Å². The van der Waals surface area contributed by atoms with Crippen LogP contribution in [0.2, 0.25) is 0 Å². The quantitative estimate of drug-likeness (QED) is 0.685. The van der Waals surface area contributed by atoms with Crippen molar-refractivity contribution in [2.24, 2.45) is 5.92 Å². The molecule has 0 saturated carbocycles. The van der Waals surface area contributed by atoms with E-state index in [2.05, 4.69) is 13.0 Å². The van der Waals surface area contributed by atoms with Crippen molar-refractivity contribution >= 4 is 16.3 Å². The zero-order valence-corrected chi connectivity index (χ0v) is 8.45. The molecule has 3 heteroatoms. The van der Waals surface area contributed by atoms with Gasteiger partial charge in [0.2, 0.25) is 0 Å². The highest BCUT2D eigenvalue weighted by Gasteiger charge is 2.22. The Morgan fingerprint density at radius 2 is 2.38 bits per heavy atom. The summed E-state index contributed by atoms with van der Waals surface area (Å²) in [6.45, 7) is 2.25. The average molecular weight is 192 g/mol. The maximum Gasteiger partial charge on any atom is 0.104 e. The van der Waals surface area contributed by atoms with Crippen LogP contribution in [0.1, 0.15) is 29.3 Å². The normalized spacial score (nSPS) is 20.8. The SMILES string of the molecule is C[C@@H]1CCc2c(sc(N)c2C#N)C1. The third-order valence-corrected chi connectivity index (χ3v) is 3.73. The summed E-state index contributed by atoms with van der Waals surface area (Å²) < 4.78 is 0. The molecule has 0 saturated heterocycles. The molecule has 13 heavy (non-hydrogen) atoms. The molecule has 1 aliphatic carbocycles. The molecule has 0 aromatic carbocycles. The first-order chi connectivity index (χ1) is 6.22. The highest BCUT2D eigenvalue weighted by Crippen LogP contribution is 2.37. The third kappa shape index (κ3) is 1.31.